The molecule has 1 heterocycles. The van der Waals surface area contributed by atoms with E-state index in [9.17, 15) is 12.9 Å². The van der Waals surface area contributed by atoms with E-state index in [-0.39, 0.29) is 11.3 Å². The largest absolute Gasteiger partial charge is 0.482 e. The van der Waals surface area contributed by atoms with Crippen molar-refractivity contribution in [2.75, 3.05) is 0 Å². The summed E-state index contributed by atoms with van der Waals surface area (Å²) in [5.74, 6) is 0. The molecule has 0 saturated heterocycles. The molecular formula is C7H5BF3N2-. The molecule has 0 radical (unpaired) electrons. The van der Waals surface area contributed by atoms with E-state index in [1.807, 2.05) is 0 Å². The van der Waals surface area contributed by atoms with Crippen LogP contribution in [0.4, 0.5) is 12.9 Å². The highest BCUT2D eigenvalue weighted by molar-refractivity contribution is 6.57. The predicted octanol–water partition coefficient (Wildman–Crippen LogP) is 1.88. The first-order valence-electron chi connectivity index (χ1n) is 3.57. The van der Waals surface area contributed by atoms with Gasteiger partial charge in [0.25, 0.3) is 0 Å². The maximum absolute atomic E-state index is 11.9. The second-order valence-electron chi connectivity index (χ2n) is 2.58. The van der Waals surface area contributed by atoms with Crippen LogP contribution in [0.5, 0.6) is 0 Å². The third-order valence-corrected chi connectivity index (χ3v) is 1.41. The summed E-state index contributed by atoms with van der Waals surface area (Å²) in [6, 6.07) is 4.27. The van der Waals surface area contributed by atoms with Gasteiger partial charge in [-0.25, -0.2) is 4.98 Å². The Morgan fingerprint density at radius 1 is 1.38 bits per heavy atom. The van der Waals surface area contributed by atoms with Crippen LogP contribution in [0.15, 0.2) is 18.3 Å². The summed E-state index contributed by atoms with van der Waals surface area (Å²) in [6.45, 7) is -4.82. The lowest BCUT2D eigenvalue weighted by atomic mass is 9.82. The highest BCUT2D eigenvalue weighted by Gasteiger charge is 2.23. The lowest BCUT2D eigenvalue weighted by Crippen LogP contribution is -2.19. The summed E-state index contributed by atoms with van der Waals surface area (Å²) < 4.78 is 35.7. The van der Waals surface area contributed by atoms with Crippen LogP contribution in [0, 0.1) is 11.3 Å². The molecule has 0 aliphatic carbocycles. The zero-order valence-corrected chi connectivity index (χ0v) is 6.54. The van der Waals surface area contributed by atoms with Crippen LogP contribution in [-0.4, -0.2) is 12.0 Å². The average Bonchev–Trinajstić information content (AvgIpc) is 2.03. The Bertz CT molecular complexity index is 325. The first kappa shape index (κ1) is 9.58. The summed E-state index contributed by atoms with van der Waals surface area (Å²) in [4.78, 5) is 3.53. The van der Waals surface area contributed by atoms with Gasteiger partial charge in [-0.2, -0.15) is 5.26 Å². The lowest BCUT2D eigenvalue weighted by molar-refractivity contribution is 0.468. The molecule has 1 rings (SSSR count). The van der Waals surface area contributed by atoms with Gasteiger partial charge in [0.05, 0.1) is 0 Å². The molecule has 1 aromatic heterocycles. The van der Waals surface area contributed by atoms with Crippen molar-refractivity contribution in [3.63, 3.8) is 0 Å². The van der Waals surface area contributed by atoms with Crippen molar-refractivity contribution in [2.24, 2.45) is 0 Å². The molecule has 6 heteroatoms. The first-order valence-corrected chi connectivity index (χ1v) is 3.57. The molecule has 0 fully saturated rings. The van der Waals surface area contributed by atoms with Crippen LogP contribution in [0.2, 0.25) is 0 Å². The highest BCUT2D eigenvalue weighted by atomic mass is 19.4. The van der Waals surface area contributed by atoms with Crippen molar-refractivity contribution < 1.29 is 12.9 Å². The second-order valence-corrected chi connectivity index (χ2v) is 2.58. The minimum atomic E-state index is -4.82. The molecule has 0 unspecified atom stereocenters. The van der Waals surface area contributed by atoms with Crippen molar-refractivity contribution in [1.29, 1.82) is 5.26 Å². The van der Waals surface area contributed by atoms with Gasteiger partial charge in [0.2, 0.25) is 0 Å². The van der Waals surface area contributed by atoms with Crippen molar-refractivity contribution in [3.8, 4) is 6.07 Å². The highest BCUT2D eigenvalue weighted by Crippen LogP contribution is 2.15. The van der Waals surface area contributed by atoms with Gasteiger partial charge >= 0.3 is 6.98 Å². The molecule has 0 aromatic carbocycles. The number of hydrogen-bond donors (Lipinski definition) is 0. The number of rotatable bonds is 2. The zero-order valence-electron chi connectivity index (χ0n) is 6.54. The molecule has 0 amide bonds. The van der Waals surface area contributed by atoms with E-state index in [1.165, 1.54) is 12.1 Å². The van der Waals surface area contributed by atoms with Crippen molar-refractivity contribution in [1.82, 2.24) is 4.98 Å². The van der Waals surface area contributed by atoms with Gasteiger partial charge in [-0.1, -0.05) is 17.9 Å². The first-order chi connectivity index (χ1) is 6.01. The van der Waals surface area contributed by atoms with Crippen LogP contribution in [-0.2, 0) is 6.32 Å². The quantitative estimate of drug-likeness (QED) is 0.659. The van der Waals surface area contributed by atoms with E-state index < -0.39 is 13.3 Å². The third-order valence-electron chi connectivity index (χ3n) is 1.41. The van der Waals surface area contributed by atoms with Crippen LogP contribution in [0.1, 0.15) is 11.3 Å². The van der Waals surface area contributed by atoms with Gasteiger partial charge < -0.3 is 12.9 Å². The Morgan fingerprint density at radius 3 is 2.46 bits per heavy atom. The number of nitrogens with zero attached hydrogens (tertiary/aromatic N) is 2. The van der Waals surface area contributed by atoms with Crippen LogP contribution in [0.25, 0.3) is 0 Å². The average molecular weight is 185 g/mol. The lowest BCUT2D eigenvalue weighted by Gasteiger charge is -2.12. The van der Waals surface area contributed by atoms with Crippen molar-refractivity contribution >= 4 is 6.98 Å². The number of halogens is 3. The number of pyridine rings is 1. The molecule has 0 aliphatic heterocycles. The summed E-state index contributed by atoms with van der Waals surface area (Å²) in [6.07, 6.45) is 0.131. The molecule has 1 aromatic rings. The summed E-state index contributed by atoms with van der Waals surface area (Å²) in [5, 5.41) is 8.33. The van der Waals surface area contributed by atoms with Crippen LogP contribution < -0.4 is 0 Å². The molecule has 2 nitrogen and oxygen atoms in total. The third kappa shape index (κ3) is 3.15. The van der Waals surface area contributed by atoms with Crippen LogP contribution in [0.3, 0.4) is 0 Å². The Kier molecular flexibility index (Phi) is 2.56. The SMILES string of the molecule is N#Cc1ccc(C[B-](F)(F)F)cn1. The molecule has 13 heavy (non-hydrogen) atoms. The number of nitriles is 1. The molecular weight excluding hydrogens is 180 g/mol. The second kappa shape index (κ2) is 3.48. The van der Waals surface area contributed by atoms with E-state index in [2.05, 4.69) is 4.98 Å². The van der Waals surface area contributed by atoms with Gasteiger partial charge in [0.1, 0.15) is 11.8 Å². The fraction of sp³-hybridized carbons (Fsp3) is 0.143. The maximum atomic E-state index is 11.9. The Morgan fingerprint density at radius 2 is 2.08 bits per heavy atom. The van der Waals surface area contributed by atoms with E-state index in [1.54, 1.807) is 6.07 Å². The molecule has 0 spiro atoms. The van der Waals surface area contributed by atoms with E-state index in [4.69, 9.17) is 5.26 Å². The molecule has 0 bridgehead atoms. The van der Waals surface area contributed by atoms with Crippen molar-refractivity contribution in [3.05, 3.63) is 29.6 Å². The van der Waals surface area contributed by atoms with E-state index in [0.29, 0.717) is 0 Å². The zero-order chi connectivity index (χ0) is 9.90. The molecule has 0 aliphatic rings. The van der Waals surface area contributed by atoms with Gasteiger partial charge in [0.15, 0.2) is 0 Å². The summed E-state index contributed by atoms with van der Waals surface area (Å²) >= 11 is 0. The van der Waals surface area contributed by atoms with E-state index >= 15 is 0 Å². The standard InChI is InChI=1S/C7H5BF3N2/c9-8(10,11)3-6-1-2-7(4-12)13-5-6/h1-2,5H,3H2/q-1. The van der Waals surface area contributed by atoms with Gasteiger partial charge in [-0.05, 0) is 6.07 Å². The maximum Gasteiger partial charge on any atom is 0.482 e. The minimum Gasteiger partial charge on any atom is -0.449 e. The fourth-order valence-electron chi connectivity index (χ4n) is 0.879. The minimum absolute atomic E-state index is 0.0894. The number of aromatic nitrogens is 1. The Hall–Kier alpha value is -1.51. The molecule has 0 N–H and O–H groups in total. The molecule has 0 atom stereocenters. The summed E-state index contributed by atoms with van der Waals surface area (Å²) in [5.41, 5.74) is 0.213. The van der Waals surface area contributed by atoms with Gasteiger partial charge in [-0.3, -0.25) is 0 Å². The monoisotopic (exact) mass is 185 g/mol. The fourth-order valence-corrected chi connectivity index (χ4v) is 0.879. The van der Waals surface area contributed by atoms with Gasteiger partial charge in [-0.15, -0.1) is 0 Å². The summed E-state index contributed by atoms with van der Waals surface area (Å²) in [7, 11) is 0. The van der Waals surface area contributed by atoms with E-state index in [0.717, 1.165) is 6.20 Å². The van der Waals surface area contributed by atoms with Crippen molar-refractivity contribution in [2.45, 2.75) is 6.32 Å². The Balaban J connectivity index is 2.77. The van der Waals surface area contributed by atoms with Gasteiger partial charge in [0, 0.05) is 6.20 Å². The Labute approximate surface area is 73.1 Å². The normalized spacial score (nSPS) is 10.9. The number of hydrogen-bond acceptors (Lipinski definition) is 2. The smallest absolute Gasteiger partial charge is 0.449 e. The topological polar surface area (TPSA) is 36.7 Å². The van der Waals surface area contributed by atoms with Crippen LogP contribution >= 0.6 is 0 Å². The molecule has 0 saturated carbocycles. The predicted molar refractivity (Wildman–Crippen MR) is 41.7 cm³/mol. The molecule has 68 valence electrons.